The van der Waals surface area contributed by atoms with E-state index in [0.717, 1.165) is 22.5 Å². The Bertz CT molecular complexity index is 796. The third kappa shape index (κ3) is 2.47. The molecule has 0 saturated carbocycles. The Hall–Kier alpha value is -2.41. The van der Waals surface area contributed by atoms with Gasteiger partial charge in [-0.25, -0.2) is 9.67 Å². The average molecular weight is 293 g/mol. The maximum Gasteiger partial charge on any atom is 0.419 e. The fourth-order valence-electron chi connectivity index (χ4n) is 2.07. The second-order valence-electron chi connectivity index (χ2n) is 4.49. The number of aliphatic hydroxyl groups excluding tert-OH is 1. The highest BCUT2D eigenvalue weighted by atomic mass is 19.4. The number of nitrogens with zero attached hydrogens (tertiary/aromatic N) is 3. The van der Waals surface area contributed by atoms with Gasteiger partial charge in [0.1, 0.15) is 0 Å². The van der Waals surface area contributed by atoms with Gasteiger partial charge in [-0.1, -0.05) is 18.2 Å². The van der Waals surface area contributed by atoms with Gasteiger partial charge in [0.2, 0.25) is 0 Å². The molecule has 0 aliphatic heterocycles. The van der Waals surface area contributed by atoms with Crippen LogP contribution in [0, 0.1) is 0 Å². The number of aromatic nitrogens is 3. The molecular formula is C14H10F3N3O. The van der Waals surface area contributed by atoms with E-state index in [9.17, 15) is 18.3 Å². The van der Waals surface area contributed by atoms with Crippen LogP contribution in [0.3, 0.4) is 0 Å². The van der Waals surface area contributed by atoms with Crippen molar-refractivity contribution in [2.45, 2.75) is 12.8 Å². The van der Waals surface area contributed by atoms with Crippen molar-refractivity contribution in [3.05, 3.63) is 53.9 Å². The quantitative estimate of drug-likeness (QED) is 0.790. The van der Waals surface area contributed by atoms with Gasteiger partial charge < -0.3 is 5.11 Å². The number of alkyl halides is 3. The number of benzene rings is 1. The highest BCUT2D eigenvalue weighted by Crippen LogP contribution is 2.29. The van der Waals surface area contributed by atoms with Gasteiger partial charge in [-0.3, -0.25) is 0 Å². The van der Waals surface area contributed by atoms with Crippen molar-refractivity contribution in [2.24, 2.45) is 0 Å². The van der Waals surface area contributed by atoms with Gasteiger partial charge in [-0.2, -0.15) is 18.3 Å². The first kappa shape index (κ1) is 13.6. The Morgan fingerprint density at radius 1 is 1.19 bits per heavy atom. The van der Waals surface area contributed by atoms with E-state index >= 15 is 0 Å². The highest BCUT2D eigenvalue weighted by Gasteiger charge is 2.32. The van der Waals surface area contributed by atoms with Gasteiger partial charge in [-0.05, 0) is 17.7 Å². The molecule has 0 aliphatic carbocycles. The van der Waals surface area contributed by atoms with E-state index in [1.165, 1.54) is 6.07 Å². The predicted octanol–water partition coefficient (Wildman–Crippen LogP) is 2.93. The molecule has 0 fully saturated rings. The van der Waals surface area contributed by atoms with E-state index in [1.54, 1.807) is 24.3 Å². The van der Waals surface area contributed by atoms with E-state index in [-0.39, 0.29) is 12.4 Å². The molecule has 21 heavy (non-hydrogen) atoms. The van der Waals surface area contributed by atoms with Crippen LogP contribution in [0.1, 0.15) is 11.1 Å². The fraction of sp³-hybridized carbons (Fsp3) is 0.143. The zero-order valence-electron chi connectivity index (χ0n) is 10.7. The average Bonchev–Trinajstić information content (AvgIpc) is 2.96. The number of rotatable bonds is 2. The van der Waals surface area contributed by atoms with Crippen molar-refractivity contribution in [3.63, 3.8) is 0 Å². The second kappa shape index (κ2) is 4.85. The highest BCUT2D eigenvalue weighted by molar-refractivity contribution is 5.83. The number of aliphatic hydroxyl groups is 1. The smallest absolute Gasteiger partial charge is 0.392 e. The standard InChI is InChI=1S/C14H10F3N3O/c15-14(16,17)10-6-18-20(7-10)13-5-9(8-21)11-3-1-2-4-12(11)19-13/h1-7,21H,8H2. The summed E-state index contributed by atoms with van der Waals surface area (Å²) in [5, 5.41) is 13.8. The maximum atomic E-state index is 12.6. The van der Waals surface area contributed by atoms with Gasteiger partial charge in [0.05, 0.1) is 23.9 Å². The van der Waals surface area contributed by atoms with Crippen LogP contribution in [-0.2, 0) is 12.8 Å². The zero-order chi connectivity index (χ0) is 15.0. The molecule has 2 heterocycles. The van der Waals surface area contributed by atoms with Crippen molar-refractivity contribution < 1.29 is 18.3 Å². The number of pyridine rings is 1. The first-order valence-electron chi connectivity index (χ1n) is 6.11. The summed E-state index contributed by atoms with van der Waals surface area (Å²) in [7, 11) is 0. The number of halogens is 3. The summed E-state index contributed by atoms with van der Waals surface area (Å²) in [6.07, 6.45) is -2.83. The minimum absolute atomic E-state index is 0.230. The van der Waals surface area contributed by atoms with Gasteiger partial charge in [-0.15, -0.1) is 0 Å². The fourth-order valence-corrected chi connectivity index (χ4v) is 2.07. The molecule has 108 valence electrons. The Labute approximate surface area is 117 Å². The molecule has 4 nitrogen and oxygen atoms in total. The van der Waals surface area contributed by atoms with Crippen molar-refractivity contribution in [3.8, 4) is 5.82 Å². The number of fused-ring (bicyclic) bond motifs is 1. The lowest BCUT2D eigenvalue weighted by Gasteiger charge is -2.07. The van der Waals surface area contributed by atoms with Crippen LogP contribution in [0.5, 0.6) is 0 Å². The molecule has 0 radical (unpaired) electrons. The lowest BCUT2D eigenvalue weighted by molar-refractivity contribution is -0.137. The van der Waals surface area contributed by atoms with Crippen molar-refractivity contribution in [1.82, 2.24) is 14.8 Å². The van der Waals surface area contributed by atoms with E-state index in [2.05, 4.69) is 10.1 Å². The summed E-state index contributed by atoms with van der Waals surface area (Å²) in [6, 6.07) is 8.62. The second-order valence-corrected chi connectivity index (χ2v) is 4.49. The Morgan fingerprint density at radius 2 is 1.95 bits per heavy atom. The van der Waals surface area contributed by atoms with Crippen molar-refractivity contribution in [1.29, 1.82) is 0 Å². The molecule has 0 amide bonds. The molecule has 0 saturated heterocycles. The van der Waals surface area contributed by atoms with Crippen LogP contribution in [-0.4, -0.2) is 19.9 Å². The summed E-state index contributed by atoms with van der Waals surface area (Å²) < 4.78 is 38.9. The Kier molecular flexibility index (Phi) is 3.13. The van der Waals surface area contributed by atoms with Crippen LogP contribution in [0.25, 0.3) is 16.7 Å². The molecule has 3 aromatic rings. The minimum atomic E-state index is -4.45. The third-order valence-electron chi connectivity index (χ3n) is 3.10. The summed E-state index contributed by atoms with van der Waals surface area (Å²) in [5.41, 5.74) is 0.325. The summed E-state index contributed by atoms with van der Waals surface area (Å²) in [5.74, 6) is 0.230. The molecule has 0 atom stereocenters. The lowest BCUT2D eigenvalue weighted by atomic mass is 10.1. The molecule has 0 unspecified atom stereocenters. The normalized spacial score (nSPS) is 12.0. The van der Waals surface area contributed by atoms with Crippen LogP contribution < -0.4 is 0 Å². The van der Waals surface area contributed by atoms with Gasteiger partial charge in [0.25, 0.3) is 0 Å². The monoisotopic (exact) mass is 293 g/mol. The molecule has 1 aromatic carbocycles. The Balaban J connectivity index is 2.14. The molecule has 3 rings (SSSR count). The van der Waals surface area contributed by atoms with Crippen LogP contribution in [0.2, 0.25) is 0 Å². The van der Waals surface area contributed by atoms with E-state index in [4.69, 9.17) is 0 Å². The summed E-state index contributed by atoms with van der Waals surface area (Å²) >= 11 is 0. The van der Waals surface area contributed by atoms with E-state index in [1.807, 2.05) is 0 Å². The van der Waals surface area contributed by atoms with Gasteiger partial charge in [0, 0.05) is 11.6 Å². The number of para-hydroxylation sites is 1. The molecule has 0 bridgehead atoms. The molecule has 0 aliphatic rings. The number of hydrogen-bond donors (Lipinski definition) is 1. The largest absolute Gasteiger partial charge is 0.419 e. The molecule has 2 aromatic heterocycles. The van der Waals surface area contributed by atoms with Crippen LogP contribution >= 0.6 is 0 Å². The SMILES string of the molecule is OCc1cc(-n2cc(C(F)(F)F)cn2)nc2ccccc12. The van der Waals surface area contributed by atoms with Crippen molar-refractivity contribution >= 4 is 10.9 Å². The first-order chi connectivity index (χ1) is 9.99. The van der Waals surface area contributed by atoms with E-state index < -0.39 is 11.7 Å². The van der Waals surface area contributed by atoms with Crippen molar-refractivity contribution in [2.75, 3.05) is 0 Å². The molecular weight excluding hydrogens is 283 g/mol. The topological polar surface area (TPSA) is 50.9 Å². The molecule has 0 spiro atoms. The van der Waals surface area contributed by atoms with Gasteiger partial charge >= 0.3 is 6.18 Å². The van der Waals surface area contributed by atoms with Crippen LogP contribution in [0.15, 0.2) is 42.7 Å². The predicted molar refractivity (Wildman–Crippen MR) is 69.8 cm³/mol. The van der Waals surface area contributed by atoms with Crippen LogP contribution in [0.4, 0.5) is 13.2 Å². The molecule has 7 heteroatoms. The minimum Gasteiger partial charge on any atom is -0.392 e. The Morgan fingerprint density at radius 3 is 2.62 bits per heavy atom. The summed E-state index contributed by atoms with van der Waals surface area (Å²) in [4.78, 5) is 4.27. The number of hydrogen-bond acceptors (Lipinski definition) is 3. The third-order valence-corrected chi connectivity index (χ3v) is 3.10. The maximum absolute atomic E-state index is 12.6. The van der Waals surface area contributed by atoms with E-state index in [0.29, 0.717) is 11.1 Å². The van der Waals surface area contributed by atoms with Gasteiger partial charge in [0.15, 0.2) is 5.82 Å². The lowest BCUT2D eigenvalue weighted by Crippen LogP contribution is -2.04. The summed E-state index contributed by atoms with van der Waals surface area (Å²) in [6.45, 7) is -0.233. The molecule has 1 N–H and O–H groups in total. The zero-order valence-corrected chi connectivity index (χ0v) is 10.7. The first-order valence-corrected chi connectivity index (χ1v) is 6.11.